The van der Waals surface area contributed by atoms with Crippen molar-refractivity contribution < 1.29 is 14.3 Å². The minimum atomic E-state index is -0.137. The van der Waals surface area contributed by atoms with Gasteiger partial charge in [-0.3, -0.25) is 9.69 Å². The number of nitrogens with zero attached hydrogens (tertiary/aromatic N) is 5. The molecule has 222 valence electrons. The van der Waals surface area contributed by atoms with E-state index in [1.807, 2.05) is 18.2 Å². The summed E-state index contributed by atoms with van der Waals surface area (Å²) in [6.45, 7) is 6.64. The average Bonchev–Trinajstić information content (AvgIpc) is 3.63. The van der Waals surface area contributed by atoms with Gasteiger partial charge in [-0.05, 0) is 81.1 Å². The van der Waals surface area contributed by atoms with Crippen LogP contribution in [-0.4, -0.2) is 72.2 Å². The molecule has 3 fully saturated rings. The highest BCUT2D eigenvalue weighted by Crippen LogP contribution is 2.37. The van der Waals surface area contributed by atoms with Crippen molar-refractivity contribution in [2.75, 3.05) is 51.3 Å². The minimum absolute atomic E-state index is 0.137. The van der Waals surface area contributed by atoms with Gasteiger partial charge in [-0.2, -0.15) is 0 Å². The molecule has 1 N–H and O–H groups in total. The molecule has 0 aliphatic carbocycles. The predicted molar refractivity (Wildman–Crippen MR) is 163 cm³/mol. The Morgan fingerprint density at radius 2 is 1.81 bits per heavy atom. The number of benzene rings is 1. The van der Waals surface area contributed by atoms with Crippen LogP contribution in [0, 0.1) is 11.3 Å². The summed E-state index contributed by atoms with van der Waals surface area (Å²) in [6, 6.07) is 9.42. The molecule has 9 nitrogen and oxygen atoms in total. The number of carbonyl (C=O) groups excluding carboxylic acids is 1. The molecule has 5 heterocycles. The standard InChI is InChI=1S/C31H36Cl2N6O3/c1-41-29(40)12-21-2-7-38(8-3-21)18-22-10-27(23-13-24(32)15-25(33)14-23)37-28(11-22)42-26-16-35-30(36-17-26)39-9-5-31(20-39)4-6-34-19-31/h10-11,13-17,21,34H,2-9,12,18-20H2,1H3. The smallest absolute Gasteiger partial charge is 0.305 e. The zero-order valence-corrected chi connectivity index (χ0v) is 25.3. The summed E-state index contributed by atoms with van der Waals surface area (Å²) in [5.41, 5.74) is 2.94. The van der Waals surface area contributed by atoms with Crippen LogP contribution in [0.3, 0.4) is 0 Å². The first-order valence-electron chi connectivity index (χ1n) is 14.6. The lowest BCUT2D eigenvalue weighted by molar-refractivity contribution is -0.142. The number of rotatable bonds is 8. The molecule has 3 aromatic rings. The van der Waals surface area contributed by atoms with Gasteiger partial charge in [0, 0.05) is 59.7 Å². The molecular weight excluding hydrogens is 575 g/mol. The van der Waals surface area contributed by atoms with E-state index in [0.717, 1.165) is 87.8 Å². The maximum Gasteiger partial charge on any atom is 0.305 e. The van der Waals surface area contributed by atoms with E-state index in [2.05, 4.69) is 31.2 Å². The van der Waals surface area contributed by atoms with E-state index < -0.39 is 0 Å². The first-order chi connectivity index (χ1) is 20.4. The monoisotopic (exact) mass is 610 g/mol. The Hall–Kier alpha value is -2.98. The number of aromatic nitrogens is 3. The summed E-state index contributed by atoms with van der Waals surface area (Å²) < 4.78 is 11.1. The van der Waals surface area contributed by atoms with E-state index in [1.165, 1.54) is 13.5 Å². The highest BCUT2D eigenvalue weighted by Gasteiger charge is 2.41. The molecule has 6 rings (SSSR count). The third kappa shape index (κ3) is 6.97. The lowest BCUT2D eigenvalue weighted by atomic mass is 9.87. The fourth-order valence-corrected chi connectivity index (χ4v) is 6.90. The van der Waals surface area contributed by atoms with Gasteiger partial charge in [-0.15, -0.1) is 0 Å². The van der Waals surface area contributed by atoms with Crippen LogP contribution < -0.4 is 15.0 Å². The van der Waals surface area contributed by atoms with Gasteiger partial charge in [0.25, 0.3) is 0 Å². The summed E-state index contributed by atoms with van der Waals surface area (Å²) in [4.78, 5) is 30.4. The molecule has 0 radical (unpaired) electrons. The summed E-state index contributed by atoms with van der Waals surface area (Å²) in [5, 5.41) is 4.58. The maximum absolute atomic E-state index is 11.7. The van der Waals surface area contributed by atoms with E-state index in [1.54, 1.807) is 18.5 Å². The summed E-state index contributed by atoms with van der Waals surface area (Å²) in [6.07, 6.45) is 8.20. The van der Waals surface area contributed by atoms with Crippen molar-refractivity contribution in [2.45, 2.75) is 38.6 Å². The number of methoxy groups -OCH3 is 1. The zero-order valence-electron chi connectivity index (χ0n) is 23.8. The Labute approximate surface area is 256 Å². The number of nitrogens with one attached hydrogen (secondary N) is 1. The summed E-state index contributed by atoms with van der Waals surface area (Å²) >= 11 is 12.6. The van der Waals surface area contributed by atoms with Gasteiger partial charge in [0.05, 0.1) is 25.2 Å². The number of carbonyl (C=O) groups is 1. The number of anilines is 1. The van der Waals surface area contributed by atoms with Crippen LogP contribution in [0.15, 0.2) is 42.7 Å². The summed E-state index contributed by atoms with van der Waals surface area (Å²) in [5.74, 6) is 1.93. The van der Waals surface area contributed by atoms with Crippen LogP contribution >= 0.6 is 23.2 Å². The molecule has 2 aromatic heterocycles. The molecule has 1 unspecified atom stereocenters. The lowest BCUT2D eigenvalue weighted by Gasteiger charge is -2.31. The van der Waals surface area contributed by atoms with E-state index in [0.29, 0.717) is 39.4 Å². The summed E-state index contributed by atoms with van der Waals surface area (Å²) in [7, 11) is 1.45. The van der Waals surface area contributed by atoms with E-state index in [4.69, 9.17) is 37.7 Å². The Morgan fingerprint density at radius 3 is 2.50 bits per heavy atom. The number of esters is 1. The molecule has 1 atom stereocenters. The molecule has 3 saturated heterocycles. The van der Waals surface area contributed by atoms with Crippen molar-refractivity contribution >= 4 is 35.1 Å². The zero-order chi connectivity index (χ0) is 29.1. The molecule has 11 heteroatoms. The number of pyridine rings is 1. The van der Waals surface area contributed by atoms with Crippen LogP contribution in [0.5, 0.6) is 11.6 Å². The molecule has 1 aromatic carbocycles. The van der Waals surface area contributed by atoms with Gasteiger partial charge >= 0.3 is 5.97 Å². The van der Waals surface area contributed by atoms with Crippen LogP contribution in [-0.2, 0) is 16.1 Å². The van der Waals surface area contributed by atoms with Crippen LogP contribution in [0.4, 0.5) is 5.95 Å². The first-order valence-corrected chi connectivity index (χ1v) is 15.3. The van der Waals surface area contributed by atoms with Crippen molar-refractivity contribution in [3.05, 3.63) is 58.3 Å². The van der Waals surface area contributed by atoms with Crippen molar-refractivity contribution in [1.29, 1.82) is 0 Å². The molecule has 3 aliphatic heterocycles. The Morgan fingerprint density at radius 1 is 1.05 bits per heavy atom. The van der Waals surface area contributed by atoms with Crippen LogP contribution in [0.25, 0.3) is 11.3 Å². The van der Waals surface area contributed by atoms with Crippen molar-refractivity contribution in [1.82, 2.24) is 25.2 Å². The molecule has 42 heavy (non-hydrogen) atoms. The van der Waals surface area contributed by atoms with Gasteiger partial charge in [-0.1, -0.05) is 23.2 Å². The second-order valence-corrected chi connectivity index (χ2v) is 12.6. The van der Waals surface area contributed by atoms with Crippen LogP contribution in [0.2, 0.25) is 10.0 Å². The van der Waals surface area contributed by atoms with Crippen molar-refractivity contribution in [3.63, 3.8) is 0 Å². The second-order valence-electron chi connectivity index (χ2n) is 11.8. The molecule has 0 saturated carbocycles. The largest absolute Gasteiger partial charge is 0.469 e. The fourth-order valence-electron chi connectivity index (χ4n) is 6.37. The number of ether oxygens (including phenoxy) is 2. The van der Waals surface area contributed by atoms with Gasteiger partial charge in [-0.25, -0.2) is 15.0 Å². The quantitative estimate of drug-likeness (QED) is 0.327. The predicted octanol–water partition coefficient (Wildman–Crippen LogP) is 5.60. The second kappa shape index (κ2) is 12.7. The highest BCUT2D eigenvalue weighted by molar-refractivity contribution is 6.35. The third-order valence-corrected chi connectivity index (χ3v) is 9.14. The number of hydrogen-bond acceptors (Lipinski definition) is 9. The molecule has 3 aliphatic rings. The fraction of sp³-hybridized carbons (Fsp3) is 0.484. The van der Waals surface area contributed by atoms with Gasteiger partial charge in [0.1, 0.15) is 0 Å². The number of halogens is 2. The number of hydrogen-bond donors (Lipinski definition) is 1. The highest BCUT2D eigenvalue weighted by atomic mass is 35.5. The number of piperidine rings is 1. The maximum atomic E-state index is 11.7. The van der Waals surface area contributed by atoms with Crippen molar-refractivity contribution in [2.24, 2.45) is 11.3 Å². The lowest BCUT2D eigenvalue weighted by Crippen LogP contribution is -2.34. The average molecular weight is 612 g/mol. The van der Waals surface area contributed by atoms with E-state index in [9.17, 15) is 4.79 Å². The van der Waals surface area contributed by atoms with Crippen LogP contribution in [0.1, 0.15) is 37.7 Å². The Kier molecular flexibility index (Phi) is 8.81. The third-order valence-electron chi connectivity index (χ3n) is 8.71. The topological polar surface area (TPSA) is 92.7 Å². The molecular formula is C31H36Cl2N6O3. The van der Waals surface area contributed by atoms with Gasteiger partial charge < -0.3 is 19.7 Å². The number of likely N-dealkylation sites (tertiary alicyclic amines) is 1. The molecule has 0 bridgehead atoms. The SMILES string of the molecule is COC(=O)CC1CCN(Cc2cc(Oc3cnc(N4CCC5(CCNC5)C4)nc3)nc(-c3cc(Cl)cc(Cl)c3)c2)CC1. The normalized spacial score (nSPS) is 21.3. The van der Waals surface area contributed by atoms with Crippen molar-refractivity contribution in [3.8, 4) is 22.9 Å². The van der Waals surface area contributed by atoms with Gasteiger partial charge in [0.15, 0.2) is 5.75 Å². The molecule has 1 spiro atoms. The molecule has 0 amide bonds. The Balaban J connectivity index is 1.18. The first kappa shape index (κ1) is 29.1. The van der Waals surface area contributed by atoms with E-state index in [-0.39, 0.29) is 5.97 Å². The van der Waals surface area contributed by atoms with Gasteiger partial charge in [0.2, 0.25) is 11.8 Å². The van der Waals surface area contributed by atoms with E-state index >= 15 is 0 Å². The minimum Gasteiger partial charge on any atom is -0.469 e. The Bertz CT molecular complexity index is 1390.